The number of hydrogen-bond donors (Lipinski definition) is 1. The van der Waals surface area contributed by atoms with E-state index >= 15 is 0 Å². The average Bonchev–Trinajstić information content (AvgIpc) is 2.46. The lowest BCUT2D eigenvalue weighted by atomic mass is 10.2. The lowest BCUT2D eigenvalue weighted by Crippen LogP contribution is -2.16. The Morgan fingerprint density at radius 2 is 2.10 bits per heavy atom. The van der Waals surface area contributed by atoms with Crippen molar-refractivity contribution in [1.29, 1.82) is 0 Å². The van der Waals surface area contributed by atoms with Gasteiger partial charge in [0.1, 0.15) is 5.65 Å². The molecule has 0 spiro atoms. The fourth-order valence-corrected chi connectivity index (χ4v) is 2.66. The zero-order chi connectivity index (χ0) is 14.3. The summed E-state index contributed by atoms with van der Waals surface area (Å²) in [6.07, 6.45) is 3.23. The smallest absolute Gasteiger partial charge is 0.337 e. The van der Waals surface area contributed by atoms with Gasteiger partial charge in [-0.2, -0.15) is 0 Å². The summed E-state index contributed by atoms with van der Waals surface area (Å²) < 4.78 is 1.27. The van der Waals surface area contributed by atoms with Crippen LogP contribution in [0.5, 0.6) is 0 Å². The second-order valence-electron chi connectivity index (χ2n) is 4.22. The molecular weight excluding hydrogens is 276 g/mol. The van der Waals surface area contributed by atoms with E-state index in [2.05, 4.69) is 4.98 Å². The summed E-state index contributed by atoms with van der Waals surface area (Å²) in [4.78, 5) is 28.8. The van der Waals surface area contributed by atoms with E-state index in [0.717, 1.165) is 4.90 Å². The molecule has 0 amide bonds. The third kappa shape index (κ3) is 1.85. The molecule has 6 heteroatoms. The van der Waals surface area contributed by atoms with Gasteiger partial charge < -0.3 is 5.11 Å². The van der Waals surface area contributed by atoms with E-state index in [4.69, 9.17) is 5.11 Å². The second kappa shape index (κ2) is 4.64. The van der Waals surface area contributed by atoms with Gasteiger partial charge in [-0.05, 0) is 30.5 Å². The number of aromatic nitrogens is 2. The number of carbonyl (C=O) groups is 1. The molecule has 0 unspecified atom stereocenters. The molecule has 0 aliphatic rings. The van der Waals surface area contributed by atoms with Crippen molar-refractivity contribution in [3.05, 3.63) is 52.4 Å². The normalized spacial score (nSPS) is 11.1. The van der Waals surface area contributed by atoms with Crippen molar-refractivity contribution in [2.45, 2.75) is 4.90 Å². The predicted octanol–water partition coefficient (Wildman–Crippen LogP) is 2.27. The van der Waals surface area contributed by atoms with Crippen LogP contribution in [0.25, 0.3) is 16.6 Å². The summed E-state index contributed by atoms with van der Waals surface area (Å²) in [5.41, 5.74) is 0.882. The molecule has 0 saturated carbocycles. The minimum Gasteiger partial charge on any atom is -0.478 e. The molecule has 0 aliphatic carbocycles. The number of benzene rings is 1. The Labute approximate surface area is 117 Å². The Morgan fingerprint density at radius 3 is 2.80 bits per heavy atom. The maximum atomic E-state index is 12.5. The third-order valence-corrected chi connectivity index (χ3v) is 3.84. The first-order chi connectivity index (χ1) is 9.61. The standard InChI is InChI=1S/C14H10N2O3S/c1-20-10-4-2-3-9-12(10)15-11-6-5-8(14(18)19)7-16(11)13(9)17/h2-7H,1H3,(H,18,19). The Hall–Kier alpha value is -2.34. The molecule has 5 nitrogen and oxygen atoms in total. The SMILES string of the molecule is CSc1cccc2c(=O)n3cc(C(=O)O)ccc3nc12. The van der Waals surface area contributed by atoms with Gasteiger partial charge in [0.15, 0.2) is 0 Å². The molecule has 100 valence electrons. The first kappa shape index (κ1) is 12.7. The monoisotopic (exact) mass is 286 g/mol. The van der Waals surface area contributed by atoms with E-state index in [0.29, 0.717) is 16.6 Å². The van der Waals surface area contributed by atoms with Crippen LogP contribution in [-0.2, 0) is 0 Å². The summed E-state index contributed by atoms with van der Waals surface area (Å²) in [5, 5.41) is 9.47. The fraction of sp³-hybridized carbons (Fsp3) is 0.0714. The number of carboxylic acid groups (broad SMARTS) is 1. The number of nitrogens with zero attached hydrogens (tertiary/aromatic N) is 2. The Balaban J connectivity index is 2.47. The molecule has 3 aromatic rings. The van der Waals surface area contributed by atoms with Crippen molar-refractivity contribution < 1.29 is 9.90 Å². The van der Waals surface area contributed by atoms with Crippen LogP contribution < -0.4 is 5.56 Å². The number of hydrogen-bond acceptors (Lipinski definition) is 4. The minimum absolute atomic E-state index is 0.0572. The number of para-hydroxylation sites is 1. The maximum absolute atomic E-state index is 12.5. The van der Waals surface area contributed by atoms with E-state index in [1.807, 2.05) is 12.3 Å². The number of thioether (sulfide) groups is 1. The molecule has 3 rings (SSSR count). The lowest BCUT2D eigenvalue weighted by molar-refractivity contribution is 0.0696. The van der Waals surface area contributed by atoms with Crippen LogP contribution in [0, 0.1) is 0 Å². The van der Waals surface area contributed by atoms with Crippen LogP contribution in [0.4, 0.5) is 0 Å². The van der Waals surface area contributed by atoms with Crippen LogP contribution in [0.15, 0.2) is 46.2 Å². The van der Waals surface area contributed by atoms with Crippen LogP contribution in [-0.4, -0.2) is 26.7 Å². The number of pyridine rings is 1. The Morgan fingerprint density at radius 1 is 1.30 bits per heavy atom. The zero-order valence-electron chi connectivity index (χ0n) is 10.5. The zero-order valence-corrected chi connectivity index (χ0v) is 11.3. The number of rotatable bonds is 2. The van der Waals surface area contributed by atoms with Crippen molar-refractivity contribution in [3.63, 3.8) is 0 Å². The highest BCUT2D eigenvalue weighted by Gasteiger charge is 2.10. The summed E-state index contributed by atoms with van der Waals surface area (Å²) in [6, 6.07) is 8.38. The highest BCUT2D eigenvalue weighted by atomic mass is 32.2. The van der Waals surface area contributed by atoms with Gasteiger partial charge in [-0.15, -0.1) is 11.8 Å². The molecule has 2 heterocycles. The summed E-state index contributed by atoms with van der Waals surface area (Å²) in [7, 11) is 0. The second-order valence-corrected chi connectivity index (χ2v) is 5.07. The highest BCUT2D eigenvalue weighted by Crippen LogP contribution is 2.23. The van der Waals surface area contributed by atoms with Crippen LogP contribution in [0.3, 0.4) is 0 Å². The van der Waals surface area contributed by atoms with Gasteiger partial charge in [-0.1, -0.05) is 6.07 Å². The molecule has 0 atom stereocenters. The predicted molar refractivity (Wildman–Crippen MR) is 77.7 cm³/mol. The molecule has 0 fully saturated rings. The molecule has 0 radical (unpaired) electrons. The molecule has 1 N–H and O–H groups in total. The van der Waals surface area contributed by atoms with Crippen molar-refractivity contribution in [3.8, 4) is 0 Å². The summed E-state index contributed by atoms with van der Waals surface area (Å²) >= 11 is 1.52. The minimum atomic E-state index is -1.07. The van der Waals surface area contributed by atoms with E-state index in [9.17, 15) is 9.59 Å². The van der Waals surface area contributed by atoms with Gasteiger partial charge in [0.25, 0.3) is 5.56 Å². The van der Waals surface area contributed by atoms with Gasteiger partial charge in [-0.25, -0.2) is 9.78 Å². The molecule has 0 aliphatic heterocycles. The molecular formula is C14H10N2O3S. The summed E-state index contributed by atoms with van der Waals surface area (Å²) in [6.45, 7) is 0. The largest absolute Gasteiger partial charge is 0.478 e. The van der Waals surface area contributed by atoms with E-state index in [1.54, 1.807) is 18.2 Å². The van der Waals surface area contributed by atoms with Gasteiger partial charge in [0.05, 0.1) is 16.5 Å². The van der Waals surface area contributed by atoms with Crippen LogP contribution in [0.1, 0.15) is 10.4 Å². The van der Waals surface area contributed by atoms with Crippen molar-refractivity contribution in [2.75, 3.05) is 6.26 Å². The van der Waals surface area contributed by atoms with Crippen LogP contribution in [0.2, 0.25) is 0 Å². The number of aromatic carboxylic acids is 1. The van der Waals surface area contributed by atoms with Gasteiger partial charge in [0.2, 0.25) is 0 Å². The van der Waals surface area contributed by atoms with Gasteiger partial charge in [0, 0.05) is 11.1 Å². The highest BCUT2D eigenvalue weighted by molar-refractivity contribution is 7.98. The average molecular weight is 286 g/mol. The van der Waals surface area contributed by atoms with Crippen molar-refractivity contribution >= 4 is 34.3 Å². The Bertz CT molecular complexity index is 902. The maximum Gasteiger partial charge on any atom is 0.337 e. The lowest BCUT2D eigenvalue weighted by Gasteiger charge is -2.06. The van der Waals surface area contributed by atoms with Crippen LogP contribution >= 0.6 is 11.8 Å². The molecule has 0 saturated heterocycles. The molecule has 0 bridgehead atoms. The molecule has 20 heavy (non-hydrogen) atoms. The Kier molecular flexibility index (Phi) is 2.94. The van der Waals surface area contributed by atoms with Gasteiger partial charge >= 0.3 is 5.97 Å². The number of carboxylic acids is 1. The van der Waals surface area contributed by atoms with E-state index in [1.165, 1.54) is 28.4 Å². The van der Waals surface area contributed by atoms with Crippen molar-refractivity contribution in [2.24, 2.45) is 0 Å². The fourth-order valence-electron chi connectivity index (χ4n) is 2.09. The summed E-state index contributed by atoms with van der Waals surface area (Å²) in [5.74, 6) is -1.07. The van der Waals surface area contributed by atoms with E-state index < -0.39 is 5.97 Å². The topological polar surface area (TPSA) is 71.7 Å². The van der Waals surface area contributed by atoms with E-state index in [-0.39, 0.29) is 11.1 Å². The first-order valence-electron chi connectivity index (χ1n) is 5.84. The first-order valence-corrected chi connectivity index (χ1v) is 7.06. The van der Waals surface area contributed by atoms with Gasteiger partial charge in [-0.3, -0.25) is 9.20 Å². The molecule has 1 aromatic carbocycles. The third-order valence-electron chi connectivity index (χ3n) is 3.07. The molecule has 2 aromatic heterocycles. The quantitative estimate of drug-likeness (QED) is 0.578. The van der Waals surface area contributed by atoms with Crippen molar-refractivity contribution in [1.82, 2.24) is 9.38 Å². The number of fused-ring (bicyclic) bond motifs is 2.